The minimum absolute atomic E-state index is 0.0111. The number of nitrogens with one attached hydrogen (secondary N) is 2. The summed E-state index contributed by atoms with van der Waals surface area (Å²) >= 11 is 7.15. The van der Waals surface area contributed by atoms with Crippen molar-refractivity contribution >= 4 is 50.7 Å². The van der Waals surface area contributed by atoms with Gasteiger partial charge in [0.25, 0.3) is 5.91 Å². The van der Waals surface area contributed by atoms with Gasteiger partial charge in [0.05, 0.1) is 15.5 Å². The fraction of sp³-hybridized carbons (Fsp3) is 0.0667. The second kappa shape index (κ2) is 7.02. The van der Waals surface area contributed by atoms with Gasteiger partial charge in [-0.2, -0.15) is 4.99 Å². The standard InChI is InChI=1S/C15H12ClN5O4S/c1-18-15(17)20-14(22)11-6-8-9(16)4-7(5-10(8)19-11)25-13-3-2-12(26-13)21(23)24/h2-6,19H,1H3,(H3,17,18,20,22). The Balaban J connectivity index is 1.91. The topological polar surface area (TPSA) is 136 Å². The summed E-state index contributed by atoms with van der Waals surface area (Å²) < 4.78 is 5.62. The number of rotatable bonds is 4. The quantitative estimate of drug-likeness (QED) is 0.269. The molecule has 0 saturated heterocycles. The summed E-state index contributed by atoms with van der Waals surface area (Å²) in [7, 11) is 1.55. The molecule has 0 spiro atoms. The lowest BCUT2D eigenvalue weighted by Crippen LogP contribution is -2.28. The largest absolute Gasteiger partial charge is 0.446 e. The fourth-order valence-corrected chi connectivity index (χ4v) is 3.10. The molecule has 0 atom stereocenters. The molecule has 0 aliphatic carbocycles. The molecule has 0 fully saturated rings. The Labute approximate surface area is 155 Å². The summed E-state index contributed by atoms with van der Waals surface area (Å²) in [6, 6.07) is 7.61. The molecule has 0 aliphatic rings. The molecule has 3 rings (SSSR count). The zero-order valence-corrected chi connectivity index (χ0v) is 14.9. The van der Waals surface area contributed by atoms with E-state index in [4.69, 9.17) is 22.1 Å². The lowest BCUT2D eigenvalue weighted by molar-refractivity contribution is -0.380. The van der Waals surface area contributed by atoms with Crippen molar-refractivity contribution < 1.29 is 14.5 Å². The highest BCUT2D eigenvalue weighted by Crippen LogP contribution is 2.36. The first-order valence-corrected chi connectivity index (χ1v) is 8.37. The Morgan fingerprint density at radius 2 is 2.19 bits per heavy atom. The maximum atomic E-state index is 12.1. The number of ether oxygens (including phenoxy) is 1. The molecule has 0 radical (unpaired) electrons. The third kappa shape index (κ3) is 3.60. The Morgan fingerprint density at radius 1 is 1.42 bits per heavy atom. The number of fused-ring (bicyclic) bond motifs is 1. The number of guanidine groups is 1. The molecule has 0 aliphatic heterocycles. The molecule has 1 amide bonds. The van der Waals surface area contributed by atoms with Crippen LogP contribution in [-0.2, 0) is 0 Å². The van der Waals surface area contributed by atoms with E-state index >= 15 is 0 Å². The van der Waals surface area contributed by atoms with E-state index in [-0.39, 0.29) is 16.7 Å². The molecule has 0 unspecified atom stereocenters. The van der Waals surface area contributed by atoms with Crippen LogP contribution < -0.4 is 15.8 Å². The number of benzene rings is 1. The van der Waals surface area contributed by atoms with Gasteiger partial charge in [0, 0.05) is 30.6 Å². The van der Waals surface area contributed by atoms with Gasteiger partial charge < -0.3 is 20.8 Å². The van der Waals surface area contributed by atoms with Crippen molar-refractivity contribution in [3.8, 4) is 10.8 Å². The molecule has 134 valence electrons. The van der Waals surface area contributed by atoms with Crippen LogP contribution in [0.4, 0.5) is 5.00 Å². The molecular weight excluding hydrogens is 382 g/mol. The van der Waals surface area contributed by atoms with E-state index in [0.717, 1.165) is 11.3 Å². The zero-order chi connectivity index (χ0) is 18.8. The number of aromatic nitrogens is 1. The van der Waals surface area contributed by atoms with Gasteiger partial charge in [0.15, 0.2) is 11.0 Å². The van der Waals surface area contributed by atoms with Gasteiger partial charge in [0.1, 0.15) is 11.4 Å². The van der Waals surface area contributed by atoms with Crippen molar-refractivity contribution in [2.45, 2.75) is 0 Å². The minimum Gasteiger partial charge on any atom is -0.446 e. The molecule has 9 nitrogen and oxygen atoms in total. The van der Waals surface area contributed by atoms with E-state index in [1.165, 1.54) is 12.1 Å². The Hall–Kier alpha value is -3.11. The van der Waals surface area contributed by atoms with E-state index in [1.54, 1.807) is 25.2 Å². The number of amides is 1. The van der Waals surface area contributed by atoms with Gasteiger partial charge in [0.2, 0.25) is 0 Å². The number of H-pyrrole nitrogens is 1. The van der Waals surface area contributed by atoms with Crippen LogP contribution in [0.15, 0.2) is 35.3 Å². The normalized spacial score (nSPS) is 11.5. The van der Waals surface area contributed by atoms with Crippen molar-refractivity contribution in [3.63, 3.8) is 0 Å². The highest BCUT2D eigenvalue weighted by atomic mass is 35.5. The van der Waals surface area contributed by atoms with E-state index in [2.05, 4.69) is 15.3 Å². The van der Waals surface area contributed by atoms with Crippen molar-refractivity contribution in [2.75, 3.05) is 7.05 Å². The van der Waals surface area contributed by atoms with Crippen molar-refractivity contribution in [2.24, 2.45) is 10.7 Å². The van der Waals surface area contributed by atoms with Crippen LogP contribution in [0.25, 0.3) is 10.9 Å². The number of nitro groups is 1. The molecule has 1 aromatic carbocycles. The second-order valence-electron chi connectivity index (χ2n) is 5.05. The molecule has 26 heavy (non-hydrogen) atoms. The number of nitrogens with zero attached hydrogens (tertiary/aromatic N) is 2. The number of hydrogen-bond donors (Lipinski definition) is 3. The first-order chi connectivity index (χ1) is 12.4. The number of halogens is 1. The van der Waals surface area contributed by atoms with Crippen LogP contribution in [0.5, 0.6) is 10.8 Å². The van der Waals surface area contributed by atoms with Crippen LogP contribution >= 0.6 is 22.9 Å². The lowest BCUT2D eigenvalue weighted by Gasteiger charge is -2.03. The minimum atomic E-state index is -0.555. The summed E-state index contributed by atoms with van der Waals surface area (Å²) in [6.07, 6.45) is 0. The predicted molar refractivity (Wildman–Crippen MR) is 99.4 cm³/mol. The maximum Gasteiger partial charge on any atom is 0.327 e. The molecule has 4 N–H and O–H groups in total. The van der Waals surface area contributed by atoms with Crippen LogP contribution in [0.2, 0.25) is 5.02 Å². The monoisotopic (exact) mass is 393 g/mol. The second-order valence-corrected chi connectivity index (χ2v) is 6.49. The Morgan fingerprint density at radius 3 is 2.85 bits per heavy atom. The summed E-state index contributed by atoms with van der Waals surface area (Å²) in [6.45, 7) is 0. The summed E-state index contributed by atoms with van der Waals surface area (Å²) in [4.78, 5) is 28.9. The summed E-state index contributed by atoms with van der Waals surface area (Å²) in [5.41, 5.74) is 6.25. The number of carbonyl (C=O) groups excluding carboxylic acids is 1. The molecule has 2 aromatic heterocycles. The number of aliphatic imine (C=N–C) groups is 1. The zero-order valence-electron chi connectivity index (χ0n) is 13.3. The molecule has 2 heterocycles. The predicted octanol–water partition coefficient (Wildman–Crippen LogP) is 3.26. The van der Waals surface area contributed by atoms with E-state index in [1.807, 2.05) is 0 Å². The van der Waals surface area contributed by atoms with Gasteiger partial charge in [-0.1, -0.05) is 11.6 Å². The molecule has 3 aromatic rings. The number of hydrogen-bond acceptors (Lipinski definition) is 5. The fourth-order valence-electron chi connectivity index (χ4n) is 2.15. The van der Waals surface area contributed by atoms with Gasteiger partial charge in [-0.25, -0.2) is 0 Å². The Bertz CT molecular complexity index is 1040. The van der Waals surface area contributed by atoms with Gasteiger partial charge in [-0.3, -0.25) is 14.9 Å². The van der Waals surface area contributed by atoms with Crippen LogP contribution in [-0.4, -0.2) is 28.8 Å². The Kier molecular flexibility index (Phi) is 4.78. The van der Waals surface area contributed by atoms with Gasteiger partial charge in [-0.05, 0) is 23.5 Å². The lowest BCUT2D eigenvalue weighted by atomic mass is 10.2. The first kappa shape index (κ1) is 17.7. The first-order valence-electron chi connectivity index (χ1n) is 7.18. The van der Waals surface area contributed by atoms with Crippen LogP contribution in [0.1, 0.15) is 10.5 Å². The van der Waals surface area contributed by atoms with Crippen molar-refractivity contribution in [1.29, 1.82) is 0 Å². The van der Waals surface area contributed by atoms with Crippen LogP contribution in [0.3, 0.4) is 0 Å². The van der Waals surface area contributed by atoms with Crippen molar-refractivity contribution in [3.05, 3.63) is 51.2 Å². The number of carbonyl (C=O) groups is 1. The molecular formula is C15H12ClN5O4S. The molecule has 0 saturated carbocycles. The van der Waals surface area contributed by atoms with Gasteiger partial charge >= 0.3 is 5.00 Å². The highest BCUT2D eigenvalue weighted by molar-refractivity contribution is 7.17. The SMILES string of the molecule is CNC(N)=NC(=O)c1cc2c(Cl)cc(Oc3ccc([N+](=O)[O-])s3)cc2[nH]1. The molecule has 11 heteroatoms. The molecule has 0 bridgehead atoms. The number of thiophene rings is 1. The van der Waals surface area contributed by atoms with E-state index in [9.17, 15) is 14.9 Å². The summed E-state index contributed by atoms with van der Waals surface area (Å²) in [5, 5.41) is 14.6. The average Bonchev–Trinajstić information content (AvgIpc) is 3.22. The number of nitrogens with two attached hydrogens (primary N) is 1. The highest BCUT2D eigenvalue weighted by Gasteiger charge is 2.15. The third-order valence-corrected chi connectivity index (χ3v) is 4.56. The summed E-state index contributed by atoms with van der Waals surface area (Å²) in [5.74, 6) is -0.193. The maximum absolute atomic E-state index is 12.1. The average molecular weight is 394 g/mol. The van der Waals surface area contributed by atoms with E-state index < -0.39 is 10.8 Å². The van der Waals surface area contributed by atoms with Crippen molar-refractivity contribution in [1.82, 2.24) is 10.3 Å². The van der Waals surface area contributed by atoms with Crippen LogP contribution in [0, 0.1) is 10.1 Å². The van der Waals surface area contributed by atoms with E-state index in [0.29, 0.717) is 26.7 Å². The van der Waals surface area contributed by atoms with Gasteiger partial charge in [-0.15, -0.1) is 0 Å². The number of aromatic amines is 1. The third-order valence-electron chi connectivity index (χ3n) is 3.34. The smallest absolute Gasteiger partial charge is 0.327 e.